The summed E-state index contributed by atoms with van der Waals surface area (Å²) in [5, 5.41) is 0. The van der Waals surface area contributed by atoms with Gasteiger partial charge in [-0.2, -0.15) is 0 Å². The summed E-state index contributed by atoms with van der Waals surface area (Å²) in [5.74, 6) is 0.623. The zero-order valence-corrected chi connectivity index (χ0v) is 13.1. The minimum Gasteiger partial charge on any atom is -0.208 e. The summed E-state index contributed by atoms with van der Waals surface area (Å²) in [6, 6.07) is 1.79. The first-order chi connectivity index (χ1) is 7.88. The van der Waals surface area contributed by atoms with E-state index in [0.29, 0.717) is 10.8 Å². The van der Waals surface area contributed by atoms with E-state index in [1.807, 2.05) is 6.92 Å². The van der Waals surface area contributed by atoms with Crippen molar-refractivity contribution in [2.75, 3.05) is 0 Å². The van der Waals surface area contributed by atoms with Gasteiger partial charge in [0, 0.05) is 10.9 Å². The van der Waals surface area contributed by atoms with Gasteiger partial charge in [-0.25, -0.2) is 13.1 Å². The van der Waals surface area contributed by atoms with Gasteiger partial charge < -0.3 is 0 Å². The topological polar surface area (TPSA) is 46.2 Å². The van der Waals surface area contributed by atoms with Gasteiger partial charge in [-0.1, -0.05) is 6.92 Å². The van der Waals surface area contributed by atoms with Crippen LogP contribution in [0.1, 0.15) is 31.1 Å². The van der Waals surface area contributed by atoms with Gasteiger partial charge in [0.1, 0.15) is 0 Å². The van der Waals surface area contributed by atoms with Crippen molar-refractivity contribution in [3.05, 3.63) is 14.7 Å². The SMILES string of the molecule is Cc1sc(Br)cc1S(=O)(=O)NC1CCC(C)C1. The molecule has 96 valence electrons. The van der Waals surface area contributed by atoms with E-state index >= 15 is 0 Å². The lowest BCUT2D eigenvalue weighted by Crippen LogP contribution is -2.33. The molecule has 1 N–H and O–H groups in total. The van der Waals surface area contributed by atoms with E-state index in [-0.39, 0.29) is 6.04 Å². The first-order valence-corrected chi connectivity index (χ1v) is 8.76. The molecule has 2 atom stereocenters. The molecular formula is C11H16BrNO2S2. The van der Waals surface area contributed by atoms with Gasteiger partial charge in [0.25, 0.3) is 0 Å². The number of nitrogens with one attached hydrogen (secondary N) is 1. The van der Waals surface area contributed by atoms with Crippen molar-refractivity contribution in [2.45, 2.75) is 44.0 Å². The first-order valence-electron chi connectivity index (χ1n) is 5.67. The van der Waals surface area contributed by atoms with E-state index in [4.69, 9.17) is 0 Å². The summed E-state index contributed by atoms with van der Waals surface area (Å²) in [4.78, 5) is 1.24. The number of sulfonamides is 1. The van der Waals surface area contributed by atoms with Crippen molar-refractivity contribution in [2.24, 2.45) is 5.92 Å². The molecule has 0 spiro atoms. The molecule has 0 saturated heterocycles. The Morgan fingerprint density at radius 2 is 2.18 bits per heavy atom. The zero-order chi connectivity index (χ0) is 12.6. The third-order valence-electron chi connectivity index (χ3n) is 3.15. The lowest BCUT2D eigenvalue weighted by molar-refractivity contribution is 0.538. The van der Waals surface area contributed by atoms with Crippen LogP contribution in [0.4, 0.5) is 0 Å². The Labute approximate surface area is 115 Å². The number of hydrogen-bond acceptors (Lipinski definition) is 3. The molecule has 0 aromatic carbocycles. The van der Waals surface area contributed by atoms with Crippen molar-refractivity contribution in [3.63, 3.8) is 0 Å². The molecule has 0 radical (unpaired) electrons. The Morgan fingerprint density at radius 1 is 1.47 bits per heavy atom. The summed E-state index contributed by atoms with van der Waals surface area (Å²) in [6.45, 7) is 4.00. The highest BCUT2D eigenvalue weighted by atomic mass is 79.9. The highest BCUT2D eigenvalue weighted by molar-refractivity contribution is 9.11. The second-order valence-corrected chi connectivity index (χ2v) is 9.03. The summed E-state index contributed by atoms with van der Waals surface area (Å²) in [5.41, 5.74) is 0. The minimum absolute atomic E-state index is 0.105. The van der Waals surface area contributed by atoms with Crippen LogP contribution in [0.25, 0.3) is 0 Å². The molecule has 1 aliphatic carbocycles. The number of thiophene rings is 1. The van der Waals surface area contributed by atoms with Gasteiger partial charge in [-0.15, -0.1) is 11.3 Å². The van der Waals surface area contributed by atoms with Crippen molar-refractivity contribution < 1.29 is 8.42 Å². The zero-order valence-electron chi connectivity index (χ0n) is 9.86. The number of hydrogen-bond donors (Lipinski definition) is 1. The van der Waals surface area contributed by atoms with Crippen LogP contribution < -0.4 is 4.72 Å². The summed E-state index contributed by atoms with van der Waals surface area (Å²) in [7, 11) is -3.35. The lowest BCUT2D eigenvalue weighted by Gasteiger charge is -2.12. The van der Waals surface area contributed by atoms with E-state index in [2.05, 4.69) is 27.6 Å². The maximum absolute atomic E-state index is 12.2. The Kier molecular flexibility index (Phi) is 3.97. The van der Waals surface area contributed by atoms with E-state index in [1.165, 1.54) is 11.3 Å². The maximum Gasteiger partial charge on any atom is 0.241 e. The van der Waals surface area contributed by atoms with Crippen LogP contribution in [0.2, 0.25) is 0 Å². The second kappa shape index (κ2) is 4.99. The molecule has 1 aromatic rings. The minimum atomic E-state index is -3.35. The van der Waals surface area contributed by atoms with Crippen LogP contribution in [0.15, 0.2) is 14.7 Å². The quantitative estimate of drug-likeness (QED) is 0.919. The molecule has 2 unspecified atom stereocenters. The van der Waals surface area contributed by atoms with Gasteiger partial charge in [0.2, 0.25) is 10.0 Å². The number of aryl methyl sites for hydroxylation is 1. The van der Waals surface area contributed by atoms with Crippen LogP contribution in [0.5, 0.6) is 0 Å². The molecule has 1 fully saturated rings. The van der Waals surface area contributed by atoms with Crippen LogP contribution in [0, 0.1) is 12.8 Å². The van der Waals surface area contributed by atoms with Crippen molar-refractivity contribution in [3.8, 4) is 0 Å². The molecule has 2 rings (SSSR count). The molecule has 0 bridgehead atoms. The monoisotopic (exact) mass is 337 g/mol. The Balaban J connectivity index is 2.17. The smallest absolute Gasteiger partial charge is 0.208 e. The fourth-order valence-electron chi connectivity index (χ4n) is 2.29. The van der Waals surface area contributed by atoms with Gasteiger partial charge in [0.05, 0.1) is 8.68 Å². The summed E-state index contributed by atoms with van der Waals surface area (Å²) >= 11 is 4.78. The summed E-state index contributed by atoms with van der Waals surface area (Å²) in [6.07, 6.45) is 3.01. The van der Waals surface area contributed by atoms with Crippen LogP contribution >= 0.6 is 27.3 Å². The molecule has 1 aliphatic rings. The average molecular weight is 338 g/mol. The fourth-order valence-corrected chi connectivity index (χ4v) is 5.99. The van der Waals surface area contributed by atoms with Gasteiger partial charge >= 0.3 is 0 Å². The molecule has 1 saturated carbocycles. The predicted octanol–water partition coefficient (Wildman–Crippen LogP) is 3.29. The molecular weight excluding hydrogens is 322 g/mol. The third-order valence-corrected chi connectivity index (χ3v) is 6.48. The van der Waals surface area contributed by atoms with E-state index in [1.54, 1.807) is 6.07 Å². The summed E-state index contributed by atoms with van der Waals surface area (Å²) < 4.78 is 28.1. The third kappa shape index (κ3) is 3.10. The Morgan fingerprint density at radius 3 is 2.65 bits per heavy atom. The van der Waals surface area contributed by atoms with Gasteiger partial charge in [-0.05, 0) is 54.1 Å². The van der Waals surface area contributed by atoms with E-state index < -0.39 is 10.0 Å². The Bertz CT molecular complexity index is 510. The van der Waals surface area contributed by atoms with Crippen LogP contribution in [-0.4, -0.2) is 14.5 Å². The van der Waals surface area contributed by atoms with Crippen LogP contribution in [0.3, 0.4) is 0 Å². The predicted molar refractivity (Wildman–Crippen MR) is 73.9 cm³/mol. The highest BCUT2D eigenvalue weighted by Crippen LogP contribution is 2.31. The first kappa shape index (κ1) is 13.5. The number of rotatable bonds is 3. The molecule has 6 heteroatoms. The molecule has 0 amide bonds. The second-order valence-electron chi connectivity index (χ2n) is 4.71. The molecule has 17 heavy (non-hydrogen) atoms. The molecule has 1 heterocycles. The molecule has 1 aromatic heterocycles. The lowest BCUT2D eigenvalue weighted by atomic mass is 10.1. The molecule has 3 nitrogen and oxygen atoms in total. The van der Waals surface area contributed by atoms with Crippen molar-refractivity contribution in [1.29, 1.82) is 0 Å². The number of halogens is 1. The largest absolute Gasteiger partial charge is 0.241 e. The van der Waals surface area contributed by atoms with Crippen molar-refractivity contribution >= 4 is 37.3 Å². The molecule has 0 aliphatic heterocycles. The van der Waals surface area contributed by atoms with Gasteiger partial charge in [0.15, 0.2) is 0 Å². The van der Waals surface area contributed by atoms with Crippen LogP contribution in [-0.2, 0) is 10.0 Å². The Hall–Kier alpha value is 0.0900. The fraction of sp³-hybridized carbons (Fsp3) is 0.636. The maximum atomic E-state index is 12.2. The van der Waals surface area contributed by atoms with E-state index in [9.17, 15) is 8.42 Å². The normalized spacial score (nSPS) is 25.4. The van der Waals surface area contributed by atoms with Crippen molar-refractivity contribution in [1.82, 2.24) is 4.72 Å². The average Bonchev–Trinajstić information content (AvgIpc) is 2.72. The standard InChI is InChI=1S/C11H16BrNO2S2/c1-7-3-4-9(5-7)13-17(14,15)10-6-11(12)16-8(10)2/h6-7,9,13H,3-5H2,1-2H3. The van der Waals surface area contributed by atoms with E-state index in [0.717, 1.165) is 27.9 Å². The van der Waals surface area contributed by atoms with Gasteiger partial charge in [-0.3, -0.25) is 0 Å². The highest BCUT2D eigenvalue weighted by Gasteiger charge is 2.28.